The summed E-state index contributed by atoms with van der Waals surface area (Å²) in [7, 11) is 5.82. The molecule has 0 spiro atoms. The summed E-state index contributed by atoms with van der Waals surface area (Å²) in [5.41, 5.74) is 1.27. The predicted molar refractivity (Wildman–Crippen MR) is 166 cm³/mol. The van der Waals surface area contributed by atoms with E-state index in [1.807, 2.05) is 0 Å². The van der Waals surface area contributed by atoms with E-state index in [4.69, 9.17) is 18.9 Å². The first-order valence-corrected chi connectivity index (χ1v) is 13.4. The summed E-state index contributed by atoms with van der Waals surface area (Å²) < 4.78 is 19.2. The molecule has 0 radical (unpaired) electrons. The van der Waals surface area contributed by atoms with Crippen LogP contribution in [0.4, 0.5) is 0 Å². The summed E-state index contributed by atoms with van der Waals surface area (Å²) in [6, 6.07) is 29.1. The predicted octanol–water partition coefficient (Wildman–Crippen LogP) is 7.21. The number of benzene rings is 4. The van der Waals surface area contributed by atoms with E-state index in [1.165, 1.54) is 55.6 Å². The molecule has 0 saturated heterocycles. The van der Waals surface area contributed by atoms with Crippen molar-refractivity contribution in [1.29, 1.82) is 0 Å². The number of allylic oxidation sites excluding steroid dienone is 4. The average molecular weight is 656 g/mol. The fourth-order valence-corrected chi connectivity index (χ4v) is 4.28. The minimum atomic E-state index is -0.211. The van der Waals surface area contributed by atoms with Crippen LogP contribution >= 0.6 is 0 Å². The second-order valence-electron chi connectivity index (χ2n) is 9.28. The van der Waals surface area contributed by atoms with Gasteiger partial charge in [-0.1, -0.05) is 68.3 Å². The van der Waals surface area contributed by atoms with Gasteiger partial charge in [0, 0.05) is 0 Å². The molecule has 5 aromatic rings. The van der Waals surface area contributed by atoms with Gasteiger partial charge in [-0.15, -0.1) is 39.7 Å². The van der Waals surface area contributed by atoms with Crippen LogP contribution in [0.1, 0.15) is 13.8 Å². The van der Waals surface area contributed by atoms with Gasteiger partial charge in [-0.3, -0.25) is 6.08 Å². The maximum absolute atomic E-state index is 11.2. The quantitative estimate of drug-likeness (QED) is 0.191. The van der Waals surface area contributed by atoms with Gasteiger partial charge >= 0.3 is 26.2 Å². The number of hydrogen-bond acceptors (Lipinski definition) is 6. The fourth-order valence-electron chi connectivity index (χ4n) is 4.28. The third-order valence-corrected chi connectivity index (χ3v) is 6.38. The van der Waals surface area contributed by atoms with Gasteiger partial charge in [0.25, 0.3) is 0 Å². The summed E-state index contributed by atoms with van der Waals surface area (Å²) in [6.07, 6.45) is 7.47. The van der Waals surface area contributed by atoms with E-state index in [2.05, 4.69) is 86.7 Å². The molecule has 1 aliphatic carbocycles. The molecule has 0 saturated carbocycles. The molecule has 5 aromatic carbocycles. The Morgan fingerprint density at radius 2 is 0.977 bits per heavy atom. The molecule has 6 rings (SSSR count). The Morgan fingerprint density at radius 3 is 1.26 bits per heavy atom. The van der Waals surface area contributed by atoms with Crippen molar-refractivity contribution < 1.29 is 55.4 Å². The number of ether oxygens (including phenoxy) is 4. The molecule has 0 heterocycles. The number of fused-ring (bicyclic) bond motifs is 3. The monoisotopic (exact) mass is 654 g/mol. The minimum absolute atomic E-state index is 0. The van der Waals surface area contributed by atoms with Crippen LogP contribution in [0.5, 0.6) is 34.5 Å². The number of methoxy groups -OCH3 is 4. The first-order chi connectivity index (χ1) is 20.3. The zero-order valence-electron chi connectivity index (χ0n) is 25.3. The normalized spacial score (nSPS) is 12.7. The molecular formula is C36H36O6Zr. The minimum Gasteiger partial charge on any atom is -0.867 e. The molecule has 220 valence electrons. The molecule has 0 fully saturated rings. The van der Waals surface area contributed by atoms with Crippen LogP contribution in [0.3, 0.4) is 0 Å². The Morgan fingerprint density at radius 1 is 0.605 bits per heavy atom. The Labute approximate surface area is 273 Å². The van der Waals surface area contributed by atoms with Crippen LogP contribution in [0.2, 0.25) is 0 Å². The third-order valence-electron chi connectivity index (χ3n) is 6.38. The van der Waals surface area contributed by atoms with Gasteiger partial charge in [0.2, 0.25) is 0 Å². The van der Waals surface area contributed by atoms with Gasteiger partial charge in [0.1, 0.15) is 23.0 Å². The van der Waals surface area contributed by atoms with E-state index in [-0.39, 0.29) is 37.7 Å². The standard InChI is InChI=1S/C13H9.2C8H10O3.C7H9.Zr/c1-3-7-12-10(5-1)9-11-6-2-4-8-13(11)12;2*1-10-6-4-3-5-7(11-2)8(6)9;1-6-3-4-7(2)5-6;/h1-9H;2*3-5,9H,1-2H3;3-4,6H,1-2H3;/q-1;;;-1;+4/p-2. The molecule has 0 aliphatic heterocycles. The van der Waals surface area contributed by atoms with Crippen molar-refractivity contribution >= 4 is 21.5 Å². The Bertz CT molecular complexity index is 1490. The van der Waals surface area contributed by atoms with Crippen molar-refractivity contribution in [2.24, 2.45) is 5.92 Å². The molecule has 0 bridgehead atoms. The molecular weight excluding hydrogens is 620 g/mol. The van der Waals surface area contributed by atoms with Crippen molar-refractivity contribution in [3.05, 3.63) is 115 Å². The third kappa shape index (κ3) is 9.72. The molecule has 0 N–H and O–H groups in total. The zero-order chi connectivity index (χ0) is 30.5. The van der Waals surface area contributed by atoms with Crippen LogP contribution in [0.15, 0.2) is 109 Å². The molecule has 0 amide bonds. The summed E-state index contributed by atoms with van der Waals surface area (Å²) in [5, 5.41) is 27.8. The molecule has 1 unspecified atom stereocenters. The van der Waals surface area contributed by atoms with E-state index in [0.29, 0.717) is 28.9 Å². The van der Waals surface area contributed by atoms with Gasteiger partial charge in [-0.05, 0) is 35.8 Å². The molecule has 0 aromatic heterocycles. The number of para-hydroxylation sites is 2. The molecule has 1 aliphatic rings. The van der Waals surface area contributed by atoms with Crippen LogP contribution in [0, 0.1) is 12.0 Å². The van der Waals surface area contributed by atoms with E-state index < -0.39 is 0 Å². The first-order valence-electron chi connectivity index (χ1n) is 13.4. The molecule has 43 heavy (non-hydrogen) atoms. The topological polar surface area (TPSA) is 83.0 Å². The summed E-state index contributed by atoms with van der Waals surface area (Å²) in [6.45, 7) is 4.20. The summed E-state index contributed by atoms with van der Waals surface area (Å²) in [4.78, 5) is 0. The largest absolute Gasteiger partial charge is 4.00 e. The second-order valence-corrected chi connectivity index (χ2v) is 9.28. The van der Waals surface area contributed by atoms with E-state index in [0.717, 1.165) is 0 Å². The maximum atomic E-state index is 11.2. The molecule has 6 nitrogen and oxygen atoms in total. The van der Waals surface area contributed by atoms with E-state index in [9.17, 15) is 10.2 Å². The van der Waals surface area contributed by atoms with Gasteiger partial charge in [0.15, 0.2) is 0 Å². The van der Waals surface area contributed by atoms with Crippen molar-refractivity contribution in [1.82, 2.24) is 0 Å². The number of hydrogen-bond donors (Lipinski definition) is 0. The van der Waals surface area contributed by atoms with Crippen molar-refractivity contribution in [2.75, 3.05) is 28.4 Å². The van der Waals surface area contributed by atoms with Crippen LogP contribution in [-0.4, -0.2) is 28.4 Å². The first kappa shape index (κ1) is 35.1. The molecule has 1 atom stereocenters. The molecule has 7 heteroatoms. The zero-order valence-corrected chi connectivity index (χ0v) is 27.8. The fraction of sp³-hybridized carbons (Fsp3) is 0.194. The van der Waals surface area contributed by atoms with Crippen LogP contribution in [0.25, 0.3) is 21.5 Å². The van der Waals surface area contributed by atoms with Gasteiger partial charge in [-0.2, -0.15) is 6.08 Å². The van der Waals surface area contributed by atoms with Crippen LogP contribution < -0.4 is 29.2 Å². The van der Waals surface area contributed by atoms with Gasteiger partial charge in [0.05, 0.1) is 28.4 Å². The smallest absolute Gasteiger partial charge is 0.867 e. The maximum Gasteiger partial charge on any atom is 4.00 e. The Hall–Kier alpha value is -4.09. The van der Waals surface area contributed by atoms with Crippen molar-refractivity contribution in [2.45, 2.75) is 13.8 Å². The van der Waals surface area contributed by atoms with E-state index in [1.54, 1.807) is 36.4 Å². The Balaban J connectivity index is 0.000000203. The SMILES string of the molecule is CC1=[C-]C(C)C=C1.COc1cccc(OC)c1[O-].COc1cccc(OC)c1[O-].[Zr+4].c1ccc2c(c1)[cH-]c1ccccc12. The van der Waals surface area contributed by atoms with Gasteiger partial charge in [-0.25, -0.2) is 11.6 Å². The summed E-state index contributed by atoms with van der Waals surface area (Å²) in [5.74, 6) is 1.37. The number of rotatable bonds is 4. The van der Waals surface area contributed by atoms with Crippen molar-refractivity contribution in [3.63, 3.8) is 0 Å². The summed E-state index contributed by atoms with van der Waals surface area (Å²) >= 11 is 0. The second kappa shape index (κ2) is 17.8. The average Bonchev–Trinajstić information content (AvgIpc) is 3.60. The van der Waals surface area contributed by atoms with Crippen LogP contribution in [-0.2, 0) is 26.2 Å². The Kier molecular flexibility index (Phi) is 14.5. The van der Waals surface area contributed by atoms with Gasteiger partial charge < -0.3 is 29.2 Å². The van der Waals surface area contributed by atoms with Crippen molar-refractivity contribution in [3.8, 4) is 34.5 Å². The van der Waals surface area contributed by atoms with E-state index >= 15 is 0 Å².